The highest BCUT2D eigenvalue weighted by Crippen LogP contribution is 2.39. The van der Waals surface area contributed by atoms with Gasteiger partial charge in [0.05, 0.1) is 36.7 Å². The number of anilines is 2. The molecule has 3 fully saturated rings. The fourth-order valence-corrected chi connectivity index (χ4v) is 6.44. The van der Waals surface area contributed by atoms with Crippen LogP contribution in [0.5, 0.6) is 0 Å². The van der Waals surface area contributed by atoms with Crippen LogP contribution in [0.15, 0.2) is 30.6 Å². The molecule has 2 saturated heterocycles. The number of ether oxygens (including phenoxy) is 2. The van der Waals surface area contributed by atoms with Gasteiger partial charge in [0, 0.05) is 50.1 Å². The number of hydrogen-bond donors (Lipinski definition) is 0. The van der Waals surface area contributed by atoms with E-state index in [0.717, 1.165) is 49.1 Å². The summed E-state index contributed by atoms with van der Waals surface area (Å²) in [6.45, 7) is 4.66. The highest BCUT2D eigenvalue weighted by atomic mass is 32.1. The molecule has 0 amide bonds. The van der Waals surface area contributed by atoms with E-state index in [1.54, 1.807) is 7.11 Å². The first-order chi connectivity index (χ1) is 18.9. The van der Waals surface area contributed by atoms with E-state index in [9.17, 15) is 4.39 Å². The van der Waals surface area contributed by atoms with Crippen molar-refractivity contribution in [2.24, 2.45) is 0 Å². The number of methoxy groups -OCH3 is 1. The van der Waals surface area contributed by atoms with Crippen molar-refractivity contribution >= 4 is 32.8 Å². The van der Waals surface area contributed by atoms with E-state index < -0.39 is 11.6 Å². The topological polar surface area (TPSA) is 81.4 Å². The molecule has 1 saturated carbocycles. The van der Waals surface area contributed by atoms with E-state index in [4.69, 9.17) is 24.4 Å². The first-order valence-electron chi connectivity index (χ1n) is 13.3. The third-order valence-corrected chi connectivity index (χ3v) is 8.74. The van der Waals surface area contributed by atoms with Crippen LogP contribution >= 0.6 is 11.3 Å². The Kier molecular flexibility index (Phi) is 6.20. The van der Waals surface area contributed by atoms with Gasteiger partial charge in [-0.2, -0.15) is 15.1 Å². The Morgan fingerprint density at radius 1 is 1.05 bits per heavy atom. The van der Waals surface area contributed by atoms with Crippen LogP contribution in [-0.4, -0.2) is 70.2 Å². The summed E-state index contributed by atoms with van der Waals surface area (Å²) in [6, 6.07) is 4.06. The van der Waals surface area contributed by atoms with E-state index >= 15 is 4.39 Å². The summed E-state index contributed by atoms with van der Waals surface area (Å²) in [6.07, 6.45) is 7.02. The Bertz CT molecular complexity index is 1520. The van der Waals surface area contributed by atoms with Crippen molar-refractivity contribution in [3.05, 3.63) is 47.8 Å². The second-order valence-electron chi connectivity index (χ2n) is 10.6. The van der Waals surface area contributed by atoms with Gasteiger partial charge in [0.2, 0.25) is 5.95 Å². The first-order valence-corrected chi connectivity index (χ1v) is 14.1. The number of rotatable bonds is 6. The Morgan fingerprint density at radius 3 is 2.69 bits per heavy atom. The summed E-state index contributed by atoms with van der Waals surface area (Å²) < 4.78 is 43.4. The number of halogens is 2. The summed E-state index contributed by atoms with van der Waals surface area (Å²) >= 11 is 1.43. The number of nitrogens with zero attached hydrogens (tertiary/aromatic N) is 7. The van der Waals surface area contributed by atoms with Gasteiger partial charge in [-0.15, -0.1) is 0 Å². The molecule has 0 radical (unpaired) electrons. The average molecular weight is 554 g/mol. The number of aromatic nitrogens is 5. The second-order valence-corrected chi connectivity index (χ2v) is 11.5. The maximum Gasteiger partial charge on any atom is 0.228 e. The molecule has 3 atom stereocenters. The van der Waals surface area contributed by atoms with E-state index in [1.807, 2.05) is 17.8 Å². The number of morpholine rings is 1. The summed E-state index contributed by atoms with van der Waals surface area (Å²) in [7, 11) is 1.72. The lowest BCUT2D eigenvalue weighted by Crippen LogP contribution is -2.43. The van der Waals surface area contributed by atoms with Crippen LogP contribution in [-0.2, 0) is 9.47 Å². The smallest absolute Gasteiger partial charge is 0.228 e. The zero-order valence-electron chi connectivity index (χ0n) is 21.8. The molecule has 39 heavy (non-hydrogen) atoms. The van der Waals surface area contributed by atoms with E-state index in [-0.39, 0.29) is 23.9 Å². The maximum absolute atomic E-state index is 15.1. The number of fused-ring (bicyclic) bond motifs is 1. The quantitative estimate of drug-likeness (QED) is 0.338. The summed E-state index contributed by atoms with van der Waals surface area (Å²) in [5, 5.41) is 5.32. The van der Waals surface area contributed by atoms with Gasteiger partial charge in [-0.05, 0) is 38.3 Å². The molecular weight excluding hydrogens is 524 g/mol. The zero-order valence-corrected chi connectivity index (χ0v) is 22.6. The van der Waals surface area contributed by atoms with Gasteiger partial charge in [0.1, 0.15) is 22.4 Å². The minimum atomic E-state index is -0.669. The van der Waals surface area contributed by atoms with Crippen molar-refractivity contribution in [3.8, 4) is 11.3 Å². The van der Waals surface area contributed by atoms with Crippen LogP contribution in [0.4, 0.5) is 19.9 Å². The molecule has 0 N–H and O–H groups in total. The average Bonchev–Trinajstić information content (AvgIpc) is 3.31. The van der Waals surface area contributed by atoms with Gasteiger partial charge in [-0.25, -0.2) is 13.8 Å². The molecule has 0 bridgehead atoms. The van der Waals surface area contributed by atoms with E-state index in [1.165, 1.54) is 23.5 Å². The van der Waals surface area contributed by atoms with E-state index in [2.05, 4.69) is 21.1 Å². The second kappa shape index (κ2) is 9.76. The first kappa shape index (κ1) is 24.8. The van der Waals surface area contributed by atoms with Crippen molar-refractivity contribution in [1.29, 1.82) is 0 Å². The summed E-state index contributed by atoms with van der Waals surface area (Å²) in [4.78, 5) is 18.8. The largest absolute Gasteiger partial charge is 0.380 e. The summed E-state index contributed by atoms with van der Waals surface area (Å²) in [5.41, 5.74) is 2.15. The molecular formula is C27H29F2N7O2S. The van der Waals surface area contributed by atoms with Crippen molar-refractivity contribution in [3.63, 3.8) is 0 Å². The Morgan fingerprint density at radius 2 is 1.92 bits per heavy atom. The normalized spacial score (nSPS) is 23.7. The fourth-order valence-electron chi connectivity index (χ4n) is 5.39. The Balaban J connectivity index is 1.28. The lowest BCUT2D eigenvalue weighted by molar-refractivity contribution is -0.0178. The van der Waals surface area contributed by atoms with Crippen LogP contribution in [0.2, 0.25) is 0 Å². The molecule has 9 nitrogen and oxygen atoms in total. The predicted molar refractivity (Wildman–Crippen MR) is 144 cm³/mol. The van der Waals surface area contributed by atoms with E-state index in [0.29, 0.717) is 41.1 Å². The highest BCUT2D eigenvalue weighted by molar-refractivity contribution is 7.22. The molecule has 2 aliphatic heterocycles. The van der Waals surface area contributed by atoms with Crippen LogP contribution in [0.3, 0.4) is 0 Å². The lowest BCUT2D eigenvalue weighted by Gasteiger charge is -2.36. The summed E-state index contributed by atoms with van der Waals surface area (Å²) in [5.74, 6) is -0.854. The SMILES string of the molecule is COC1CCN(c2nc3nc(N4CC(C)OC(c5cnn(C6CC6)c5)C4)nc(-c4ccc(F)cc4F)c3s2)C1. The molecule has 1 aromatic carbocycles. The van der Waals surface area contributed by atoms with Gasteiger partial charge in [-0.1, -0.05) is 11.3 Å². The van der Waals surface area contributed by atoms with Crippen molar-refractivity contribution < 1.29 is 18.3 Å². The van der Waals surface area contributed by atoms with Crippen LogP contribution in [0, 0.1) is 11.6 Å². The fraction of sp³-hybridized carbons (Fsp3) is 0.481. The van der Waals surface area contributed by atoms with Crippen molar-refractivity contribution in [2.75, 3.05) is 43.1 Å². The van der Waals surface area contributed by atoms with Crippen LogP contribution < -0.4 is 9.80 Å². The Hall–Kier alpha value is -3.22. The van der Waals surface area contributed by atoms with Gasteiger partial charge in [0.15, 0.2) is 10.8 Å². The molecule has 3 aliphatic rings. The standard InChI is InChI=1S/C27H29F2N7O2S/c1-15-11-35(14-22(38-15)16-10-30-36(12-16)18-4-5-18)26-31-23(20-6-3-17(28)9-21(20)29)24-25(32-26)33-27(39-24)34-8-7-19(13-34)37-2/h3,6,9-10,12,15,18-19,22H,4-5,7-8,11,13-14H2,1-2H3. The van der Waals surface area contributed by atoms with Crippen LogP contribution in [0.1, 0.15) is 43.9 Å². The molecule has 4 aromatic rings. The zero-order chi connectivity index (χ0) is 26.7. The third-order valence-electron chi connectivity index (χ3n) is 7.62. The minimum Gasteiger partial charge on any atom is -0.380 e. The Labute approximate surface area is 228 Å². The molecule has 3 aromatic heterocycles. The number of hydrogen-bond acceptors (Lipinski definition) is 9. The number of thiazole rings is 1. The predicted octanol–water partition coefficient (Wildman–Crippen LogP) is 4.75. The van der Waals surface area contributed by atoms with Crippen molar-refractivity contribution in [2.45, 2.75) is 50.5 Å². The minimum absolute atomic E-state index is 0.0834. The van der Waals surface area contributed by atoms with Crippen molar-refractivity contribution in [1.82, 2.24) is 24.7 Å². The van der Waals surface area contributed by atoms with Gasteiger partial charge >= 0.3 is 0 Å². The molecule has 0 spiro atoms. The van der Waals surface area contributed by atoms with Gasteiger partial charge in [0.25, 0.3) is 0 Å². The van der Waals surface area contributed by atoms with Gasteiger partial charge in [-0.3, -0.25) is 4.68 Å². The third kappa shape index (κ3) is 4.74. The molecule has 204 valence electrons. The monoisotopic (exact) mass is 553 g/mol. The molecule has 3 unspecified atom stereocenters. The van der Waals surface area contributed by atoms with Gasteiger partial charge < -0.3 is 19.3 Å². The molecule has 12 heteroatoms. The highest BCUT2D eigenvalue weighted by Gasteiger charge is 2.32. The molecule has 7 rings (SSSR count). The van der Waals surface area contributed by atoms with Crippen LogP contribution in [0.25, 0.3) is 21.6 Å². The number of benzene rings is 1. The molecule has 5 heterocycles. The maximum atomic E-state index is 15.1. The molecule has 1 aliphatic carbocycles. The lowest BCUT2D eigenvalue weighted by atomic mass is 10.1.